The minimum absolute atomic E-state index is 0.0318. The van der Waals surface area contributed by atoms with Crippen molar-refractivity contribution in [2.24, 2.45) is 0 Å². The average Bonchev–Trinajstić information content (AvgIpc) is 3.41. The van der Waals surface area contributed by atoms with Crippen molar-refractivity contribution < 1.29 is 52.3 Å². The van der Waals surface area contributed by atoms with Crippen molar-refractivity contribution in [3.05, 3.63) is 108 Å². The summed E-state index contributed by atoms with van der Waals surface area (Å²) in [6.45, 7) is 0.154. The number of carbonyl (C=O) groups excluding carboxylic acids is 4. The number of aromatic nitrogens is 1. The molecule has 0 bridgehead atoms. The topological polar surface area (TPSA) is 152 Å². The summed E-state index contributed by atoms with van der Waals surface area (Å²) in [5.74, 6) is -7.95. The number of carbonyl (C=O) groups is 4. The van der Waals surface area contributed by atoms with Crippen LogP contribution in [0.2, 0.25) is 0 Å². The molecule has 52 heavy (non-hydrogen) atoms. The van der Waals surface area contributed by atoms with Gasteiger partial charge in [0.1, 0.15) is 0 Å². The van der Waals surface area contributed by atoms with Crippen LogP contribution in [0.5, 0.6) is 17.2 Å². The molecule has 0 amide bonds. The van der Waals surface area contributed by atoms with Crippen molar-refractivity contribution in [3.63, 3.8) is 0 Å². The summed E-state index contributed by atoms with van der Waals surface area (Å²) in [5, 5.41) is 1.94. The van der Waals surface area contributed by atoms with Crippen LogP contribution in [0.15, 0.2) is 97.2 Å². The standard InChI is InChI=1S/C38H33N3O11/c1-46-30-20-28(21-31(47-2)36(30)48-3)29-19-25(14-15-39-29)23-41-17-16-40(22-24-8-9-26-6-4-5-7-27(26)18-24)37(49-32(42)10-11-33(43)50-37)38(41)51-34(44)12-13-35(45)52-38/h4-15,18-21H,16-17,22-23H2,1-3H3. The zero-order valence-corrected chi connectivity index (χ0v) is 28.4. The monoisotopic (exact) mass is 707 g/mol. The van der Waals surface area contributed by atoms with Crippen LogP contribution in [-0.2, 0) is 51.2 Å². The van der Waals surface area contributed by atoms with Crippen LogP contribution in [0.25, 0.3) is 22.0 Å². The first kappa shape index (κ1) is 34.2. The summed E-state index contributed by atoms with van der Waals surface area (Å²) in [7, 11) is 4.52. The molecule has 1 aromatic heterocycles. The largest absolute Gasteiger partial charge is 0.493 e. The second kappa shape index (κ2) is 13.8. The Hall–Kier alpha value is -6.25. The van der Waals surface area contributed by atoms with Gasteiger partial charge in [0, 0.05) is 62.2 Å². The molecule has 3 aliphatic rings. The van der Waals surface area contributed by atoms with E-state index in [1.165, 1.54) is 31.1 Å². The molecule has 4 aromatic rings. The highest BCUT2D eigenvalue weighted by Crippen LogP contribution is 2.46. The number of pyridine rings is 1. The molecule has 1 saturated heterocycles. The lowest BCUT2D eigenvalue weighted by molar-refractivity contribution is -0.465. The SMILES string of the molecule is COc1cc(-c2cc(CN3CCN(Cc4ccc5ccccc5c4)C4(OC(=O)C=CC(=O)O4)C34OC(=O)C=CC(=O)O4)ccn2)cc(OC)c1OC. The first-order chi connectivity index (χ1) is 25.2. The van der Waals surface area contributed by atoms with Gasteiger partial charge in [0.05, 0.1) is 27.0 Å². The average molecular weight is 708 g/mol. The van der Waals surface area contributed by atoms with E-state index in [1.807, 2.05) is 42.5 Å². The fraction of sp³-hybridized carbons (Fsp3) is 0.237. The van der Waals surface area contributed by atoms with E-state index in [0.717, 1.165) is 40.6 Å². The maximum Gasteiger partial charge on any atom is 0.420 e. The fourth-order valence-corrected chi connectivity index (χ4v) is 6.55. The van der Waals surface area contributed by atoms with E-state index < -0.39 is 35.7 Å². The van der Waals surface area contributed by atoms with Gasteiger partial charge in [0.25, 0.3) is 0 Å². The first-order valence-corrected chi connectivity index (χ1v) is 16.2. The van der Waals surface area contributed by atoms with Crippen LogP contribution in [0.1, 0.15) is 11.1 Å². The smallest absolute Gasteiger partial charge is 0.420 e. The van der Waals surface area contributed by atoms with Gasteiger partial charge in [0.15, 0.2) is 11.5 Å². The lowest BCUT2D eigenvalue weighted by Gasteiger charge is -2.55. The van der Waals surface area contributed by atoms with Crippen LogP contribution in [0, 0.1) is 0 Å². The van der Waals surface area contributed by atoms with Gasteiger partial charge in [-0.15, -0.1) is 0 Å². The van der Waals surface area contributed by atoms with Gasteiger partial charge in [-0.3, -0.25) is 4.98 Å². The van der Waals surface area contributed by atoms with Crippen LogP contribution in [0.3, 0.4) is 0 Å². The minimum atomic E-state index is -2.62. The molecule has 0 saturated carbocycles. The van der Waals surface area contributed by atoms with Crippen molar-refractivity contribution in [1.82, 2.24) is 14.8 Å². The number of hydrogen-bond donors (Lipinski definition) is 0. The molecule has 3 aromatic carbocycles. The molecule has 0 unspecified atom stereocenters. The van der Waals surface area contributed by atoms with E-state index in [-0.39, 0.29) is 26.2 Å². The zero-order chi connectivity index (χ0) is 36.5. The summed E-state index contributed by atoms with van der Waals surface area (Å²) < 4.78 is 40.3. The van der Waals surface area contributed by atoms with Crippen molar-refractivity contribution in [1.29, 1.82) is 0 Å². The van der Waals surface area contributed by atoms with Gasteiger partial charge in [-0.1, -0.05) is 36.4 Å². The van der Waals surface area contributed by atoms with Crippen molar-refractivity contribution >= 4 is 34.6 Å². The molecular formula is C38H33N3O11. The molecule has 14 heteroatoms. The number of ether oxygens (including phenoxy) is 7. The van der Waals surface area contributed by atoms with Gasteiger partial charge in [-0.05, 0) is 52.2 Å². The Morgan fingerprint density at radius 3 is 1.62 bits per heavy atom. The molecule has 0 aliphatic carbocycles. The second-order valence-electron chi connectivity index (χ2n) is 12.0. The van der Waals surface area contributed by atoms with E-state index in [2.05, 4.69) is 4.98 Å². The highest BCUT2D eigenvalue weighted by atomic mass is 16.8. The van der Waals surface area contributed by atoms with Gasteiger partial charge in [-0.2, -0.15) is 0 Å². The van der Waals surface area contributed by atoms with Gasteiger partial charge in [0.2, 0.25) is 5.75 Å². The number of methoxy groups -OCH3 is 3. The number of piperazine rings is 1. The third kappa shape index (κ3) is 6.18. The summed E-state index contributed by atoms with van der Waals surface area (Å²) >= 11 is 0. The van der Waals surface area contributed by atoms with Gasteiger partial charge in [-0.25, -0.2) is 29.0 Å². The molecule has 1 fully saturated rings. The van der Waals surface area contributed by atoms with Gasteiger partial charge >= 0.3 is 35.7 Å². The third-order valence-electron chi connectivity index (χ3n) is 8.88. The number of fused-ring (bicyclic) bond motifs is 2. The molecule has 0 N–H and O–H groups in total. The summed E-state index contributed by atoms with van der Waals surface area (Å²) in [6.07, 6.45) is 5.14. The third-order valence-corrected chi connectivity index (χ3v) is 8.88. The maximum atomic E-state index is 13.3. The predicted octanol–water partition coefficient (Wildman–Crippen LogP) is 3.87. The maximum absolute atomic E-state index is 13.3. The molecule has 0 radical (unpaired) electrons. The number of hydrogen-bond acceptors (Lipinski definition) is 14. The van der Waals surface area contributed by atoms with E-state index in [4.69, 9.17) is 33.2 Å². The Labute approximate surface area is 297 Å². The number of nitrogens with zero attached hydrogens (tertiary/aromatic N) is 3. The van der Waals surface area contributed by atoms with Crippen molar-refractivity contribution in [2.75, 3.05) is 34.4 Å². The molecule has 0 atom stereocenters. The predicted molar refractivity (Wildman–Crippen MR) is 182 cm³/mol. The van der Waals surface area contributed by atoms with Crippen LogP contribution in [-0.4, -0.2) is 84.9 Å². The molecule has 266 valence electrons. The molecule has 7 rings (SSSR count). The van der Waals surface area contributed by atoms with E-state index in [0.29, 0.717) is 34.1 Å². The Kier molecular flexibility index (Phi) is 9.09. The Morgan fingerprint density at radius 2 is 1.12 bits per heavy atom. The molecule has 4 heterocycles. The number of rotatable bonds is 8. The minimum Gasteiger partial charge on any atom is -0.493 e. The van der Waals surface area contributed by atoms with E-state index >= 15 is 0 Å². The zero-order valence-electron chi connectivity index (χ0n) is 28.4. The molecule has 14 nitrogen and oxygen atoms in total. The Balaban J connectivity index is 1.33. The number of esters is 4. The highest BCUT2D eigenvalue weighted by molar-refractivity contribution is 5.95. The second-order valence-corrected chi connectivity index (χ2v) is 12.0. The Bertz CT molecular complexity index is 2080. The van der Waals surface area contributed by atoms with Crippen LogP contribution < -0.4 is 14.2 Å². The van der Waals surface area contributed by atoms with Crippen molar-refractivity contribution in [2.45, 2.75) is 24.9 Å². The molecule has 3 aliphatic heterocycles. The fourth-order valence-electron chi connectivity index (χ4n) is 6.55. The Morgan fingerprint density at radius 1 is 0.615 bits per heavy atom. The van der Waals surface area contributed by atoms with Gasteiger partial charge < -0.3 is 33.2 Å². The molecular weight excluding hydrogens is 674 g/mol. The first-order valence-electron chi connectivity index (χ1n) is 16.2. The molecule has 2 spiro atoms. The summed E-state index contributed by atoms with van der Waals surface area (Å²) in [5.41, 5.74) is 2.52. The lowest BCUT2D eigenvalue weighted by atomic mass is 10.0. The van der Waals surface area contributed by atoms with E-state index in [1.54, 1.807) is 30.5 Å². The number of benzene rings is 3. The highest BCUT2D eigenvalue weighted by Gasteiger charge is 2.74. The van der Waals surface area contributed by atoms with E-state index in [9.17, 15) is 19.2 Å². The normalized spacial score (nSPS) is 18.3. The quantitative estimate of drug-likeness (QED) is 0.244. The van der Waals surface area contributed by atoms with Crippen LogP contribution in [0.4, 0.5) is 0 Å². The van der Waals surface area contributed by atoms with Crippen LogP contribution >= 0.6 is 0 Å². The summed E-state index contributed by atoms with van der Waals surface area (Å²) in [6, 6.07) is 20.5. The summed E-state index contributed by atoms with van der Waals surface area (Å²) in [4.78, 5) is 60.6. The lowest BCUT2D eigenvalue weighted by Crippen LogP contribution is -2.80. The van der Waals surface area contributed by atoms with Crippen molar-refractivity contribution in [3.8, 4) is 28.5 Å².